The Hall–Kier alpha value is -0.740. The van der Waals surface area contributed by atoms with E-state index < -0.39 is 0 Å². The van der Waals surface area contributed by atoms with Crippen LogP contribution in [0.5, 0.6) is 0 Å². The van der Waals surface area contributed by atoms with Gasteiger partial charge in [0, 0.05) is 16.0 Å². The van der Waals surface area contributed by atoms with Crippen molar-refractivity contribution in [3.8, 4) is 0 Å². The van der Waals surface area contributed by atoms with E-state index in [1.165, 1.54) is 17.0 Å². The molecule has 21 heavy (non-hydrogen) atoms. The van der Waals surface area contributed by atoms with Crippen LogP contribution in [0.15, 0.2) is 53.4 Å². The highest BCUT2D eigenvalue weighted by Gasteiger charge is 2.05. The lowest BCUT2D eigenvalue weighted by molar-refractivity contribution is 0.617. The Kier molecular flexibility index (Phi) is 8.12. The van der Waals surface area contributed by atoms with Gasteiger partial charge in [-0.1, -0.05) is 23.7 Å². The van der Waals surface area contributed by atoms with Gasteiger partial charge in [-0.25, -0.2) is 4.39 Å². The van der Waals surface area contributed by atoms with Gasteiger partial charge >= 0.3 is 0 Å². The fraction of sp³-hybridized carbons (Fsp3) is 0.250. The van der Waals surface area contributed by atoms with E-state index in [0.717, 1.165) is 29.2 Å². The molecule has 2 aromatic rings. The highest BCUT2D eigenvalue weighted by Crippen LogP contribution is 2.23. The molecule has 0 aliphatic heterocycles. The quantitative estimate of drug-likeness (QED) is 0.554. The number of thioether (sulfide) groups is 1. The van der Waals surface area contributed by atoms with Crippen LogP contribution in [0, 0.1) is 5.82 Å². The van der Waals surface area contributed by atoms with Crippen molar-refractivity contribution in [3.05, 3.63) is 64.9 Å². The lowest BCUT2D eigenvalue weighted by atomic mass is 10.0. The van der Waals surface area contributed by atoms with Crippen LogP contribution < -0.4 is 5.73 Å². The summed E-state index contributed by atoms with van der Waals surface area (Å²) in [4.78, 5) is 1.21. The summed E-state index contributed by atoms with van der Waals surface area (Å²) < 4.78 is 12.8. The molecule has 0 bridgehead atoms. The summed E-state index contributed by atoms with van der Waals surface area (Å²) in [7, 11) is 0. The fourth-order valence-electron chi connectivity index (χ4n) is 1.90. The van der Waals surface area contributed by atoms with Gasteiger partial charge in [-0.15, -0.1) is 24.2 Å². The first kappa shape index (κ1) is 18.3. The minimum absolute atomic E-state index is 0. The van der Waals surface area contributed by atoms with Crippen LogP contribution in [0.25, 0.3) is 0 Å². The number of halogens is 3. The SMILES string of the molecule is Cl.NC(CCCSc1ccc(Cl)cc1)c1ccc(F)cc1. The Morgan fingerprint density at radius 2 is 1.67 bits per heavy atom. The fourth-order valence-corrected chi connectivity index (χ4v) is 2.90. The van der Waals surface area contributed by atoms with Crippen molar-refractivity contribution in [2.24, 2.45) is 5.73 Å². The van der Waals surface area contributed by atoms with Gasteiger partial charge in [0.25, 0.3) is 0 Å². The second-order valence-electron chi connectivity index (χ2n) is 4.60. The van der Waals surface area contributed by atoms with Crippen molar-refractivity contribution < 1.29 is 4.39 Å². The number of hydrogen-bond acceptors (Lipinski definition) is 2. The van der Waals surface area contributed by atoms with Gasteiger partial charge in [0.05, 0.1) is 0 Å². The molecule has 2 aromatic carbocycles. The monoisotopic (exact) mass is 345 g/mol. The zero-order valence-electron chi connectivity index (χ0n) is 11.5. The van der Waals surface area contributed by atoms with E-state index in [0.29, 0.717) is 0 Å². The average molecular weight is 346 g/mol. The third-order valence-corrected chi connectivity index (χ3v) is 4.39. The summed E-state index contributed by atoms with van der Waals surface area (Å²) in [6.07, 6.45) is 1.91. The predicted octanol–water partition coefficient (Wildman–Crippen LogP) is 5.47. The zero-order valence-corrected chi connectivity index (χ0v) is 13.9. The van der Waals surface area contributed by atoms with Crippen LogP contribution >= 0.6 is 35.8 Å². The Morgan fingerprint density at radius 1 is 1.05 bits per heavy atom. The highest BCUT2D eigenvalue weighted by atomic mass is 35.5. The molecule has 1 unspecified atom stereocenters. The minimum atomic E-state index is -0.223. The topological polar surface area (TPSA) is 26.0 Å². The number of rotatable bonds is 6. The van der Waals surface area contributed by atoms with Gasteiger partial charge in [-0.05, 0) is 60.6 Å². The van der Waals surface area contributed by atoms with E-state index in [4.69, 9.17) is 17.3 Å². The molecule has 0 radical (unpaired) electrons. The van der Waals surface area contributed by atoms with Crippen molar-refractivity contribution in [2.75, 3.05) is 5.75 Å². The smallest absolute Gasteiger partial charge is 0.123 e. The molecule has 0 aromatic heterocycles. The van der Waals surface area contributed by atoms with Crippen LogP contribution in [0.3, 0.4) is 0 Å². The molecule has 0 aliphatic rings. The maximum absolute atomic E-state index is 12.8. The molecule has 1 nitrogen and oxygen atoms in total. The van der Waals surface area contributed by atoms with Crippen molar-refractivity contribution >= 4 is 35.8 Å². The molecule has 0 saturated carbocycles. The first-order chi connectivity index (χ1) is 9.65. The lowest BCUT2D eigenvalue weighted by Crippen LogP contribution is -2.10. The second-order valence-corrected chi connectivity index (χ2v) is 6.21. The maximum atomic E-state index is 12.8. The summed E-state index contributed by atoms with van der Waals surface area (Å²) in [5.74, 6) is 0.788. The Labute approximate surface area is 140 Å². The predicted molar refractivity (Wildman–Crippen MR) is 92.0 cm³/mol. The molecule has 0 saturated heterocycles. The Bertz CT molecular complexity index is 531. The Balaban J connectivity index is 0.00000220. The van der Waals surface area contributed by atoms with E-state index in [2.05, 4.69) is 0 Å². The lowest BCUT2D eigenvalue weighted by Gasteiger charge is -2.11. The minimum Gasteiger partial charge on any atom is -0.324 e. The third-order valence-electron chi connectivity index (χ3n) is 3.04. The summed E-state index contributed by atoms with van der Waals surface area (Å²) in [5, 5.41) is 0.757. The summed E-state index contributed by atoms with van der Waals surface area (Å²) in [6.45, 7) is 0. The van der Waals surface area contributed by atoms with Crippen LogP contribution in [0.4, 0.5) is 4.39 Å². The van der Waals surface area contributed by atoms with Gasteiger partial charge in [0.15, 0.2) is 0 Å². The van der Waals surface area contributed by atoms with Crippen LogP contribution in [0.2, 0.25) is 5.02 Å². The van der Waals surface area contributed by atoms with E-state index in [1.807, 2.05) is 24.3 Å². The summed E-state index contributed by atoms with van der Waals surface area (Å²) in [6, 6.07) is 14.2. The largest absolute Gasteiger partial charge is 0.324 e. The molecule has 5 heteroatoms. The molecule has 114 valence electrons. The van der Waals surface area contributed by atoms with Gasteiger partial charge < -0.3 is 5.73 Å². The summed E-state index contributed by atoms with van der Waals surface area (Å²) in [5.41, 5.74) is 7.08. The first-order valence-electron chi connectivity index (χ1n) is 6.54. The normalized spacial score (nSPS) is 11.8. The van der Waals surface area contributed by atoms with E-state index in [9.17, 15) is 4.39 Å². The van der Waals surface area contributed by atoms with Gasteiger partial charge in [0.2, 0.25) is 0 Å². The summed E-state index contributed by atoms with van der Waals surface area (Å²) >= 11 is 7.64. The molecule has 0 heterocycles. The van der Waals surface area contributed by atoms with Crippen LogP contribution in [0.1, 0.15) is 24.4 Å². The van der Waals surface area contributed by atoms with Gasteiger partial charge in [-0.3, -0.25) is 0 Å². The molecule has 0 spiro atoms. The molecule has 1 atom stereocenters. The van der Waals surface area contributed by atoms with Gasteiger partial charge in [-0.2, -0.15) is 0 Å². The first-order valence-corrected chi connectivity index (χ1v) is 7.91. The average Bonchev–Trinajstić information content (AvgIpc) is 2.46. The molecular formula is C16H18Cl2FNS. The molecular weight excluding hydrogens is 328 g/mol. The van der Waals surface area contributed by atoms with Crippen molar-refractivity contribution in [1.29, 1.82) is 0 Å². The van der Waals surface area contributed by atoms with Crippen molar-refractivity contribution in [1.82, 2.24) is 0 Å². The molecule has 2 N–H and O–H groups in total. The molecule has 2 rings (SSSR count). The Morgan fingerprint density at radius 3 is 2.29 bits per heavy atom. The number of benzene rings is 2. The second kappa shape index (κ2) is 9.31. The standard InChI is InChI=1S/C16H17ClFNS.ClH/c17-13-5-9-15(10-6-13)20-11-1-2-16(19)12-3-7-14(18)8-4-12;/h3-10,16H,1-2,11,19H2;1H. The van der Waals surface area contributed by atoms with Crippen LogP contribution in [-0.2, 0) is 0 Å². The maximum Gasteiger partial charge on any atom is 0.123 e. The van der Waals surface area contributed by atoms with Gasteiger partial charge in [0.1, 0.15) is 5.82 Å². The van der Waals surface area contributed by atoms with E-state index in [-0.39, 0.29) is 24.3 Å². The highest BCUT2D eigenvalue weighted by molar-refractivity contribution is 7.99. The van der Waals surface area contributed by atoms with Crippen LogP contribution in [-0.4, -0.2) is 5.75 Å². The van der Waals surface area contributed by atoms with E-state index in [1.54, 1.807) is 23.9 Å². The van der Waals surface area contributed by atoms with Crippen molar-refractivity contribution in [3.63, 3.8) is 0 Å². The number of hydrogen-bond donors (Lipinski definition) is 1. The molecule has 0 fully saturated rings. The molecule has 0 aliphatic carbocycles. The molecule has 0 amide bonds. The van der Waals surface area contributed by atoms with E-state index >= 15 is 0 Å². The van der Waals surface area contributed by atoms with Crippen molar-refractivity contribution in [2.45, 2.75) is 23.8 Å². The third kappa shape index (κ3) is 6.27. The zero-order chi connectivity index (χ0) is 14.4. The number of nitrogens with two attached hydrogens (primary N) is 1.